The number of hydrogen-bond acceptors (Lipinski definition) is 5. The molecule has 33 heavy (non-hydrogen) atoms. The lowest BCUT2D eigenvalue weighted by Crippen LogP contribution is -2.46. The Morgan fingerprint density at radius 2 is 1.70 bits per heavy atom. The lowest BCUT2D eigenvalue weighted by Gasteiger charge is -2.51. The summed E-state index contributed by atoms with van der Waals surface area (Å²) >= 11 is 0. The van der Waals surface area contributed by atoms with Gasteiger partial charge in [-0.15, -0.1) is 0 Å². The zero-order chi connectivity index (χ0) is 22.4. The summed E-state index contributed by atoms with van der Waals surface area (Å²) < 4.78 is 24.4. The van der Waals surface area contributed by atoms with Crippen LogP contribution in [0.4, 0.5) is 0 Å². The third-order valence-corrected chi connectivity index (χ3v) is 9.52. The Kier molecular flexibility index (Phi) is 6.19. The molecule has 2 heterocycles. The van der Waals surface area contributed by atoms with Gasteiger partial charge < -0.3 is 24.1 Å². The van der Waals surface area contributed by atoms with Crippen LogP contribution >= 0.6 is 0 Å². The van der Waals surface area contributed by atoms with Crippen LogP contribution in [0.1, 0.15) is 101 Å². The molecular formula is C28H40O5. The standard InChI is InChI=1S/C28H40O5/c1-28-13-12-20-19-9-8-18(32-26-6-2-4-14-30-26)16-22(19)24(29)17-21(20)23(28)10-11-25(28)33-27-7-3-5-15-31-27/h8-9,16,20-21,23-27,29H,2-7,10-15,17H2,1H3/t20-,21-,23+,24-,25+,26-,27-,28+/m1/s1. The van der Waals surface area contributed by atoms with Crippen molar-refractivity contribution >= 4 is 0 Å². The molecule has 5 aliphatic rings. The smallest absolute Gasteiger partial charge is 0.199 e. The second-order valence-corrected chi connectivity index (χ2v) is 11.4. The first-order valence-electron chi connectivity index (χ1n) is 13.5. The average Bonchev–Trinajstić information content (AvgIpc) is 3.17. The highest BCUT2D eigenvalue weighted by atomic mass is 16.7. The Balaban J connectivity index is 1.19. The van der Waals surface area contributed by atoms with Gasteiger partial charge in [-0.3, -0.25) is 0 Å². The summed E-state index contributed by atoms with van der Waals surface area (Å²) in [6, 6.07) is 6.42. The number of aliphatic hydroxyl groups is 1. The Morgan fingerprint density at radius 1 is 0.909 bits per heavy atom. The van der Waals surface area contributed by atoms with Crippen LogP contribution in [0.25, 0.3) is 0 Å². The first-order chi connectivity index (χ1) is 16.1. The molecule has 0 unspecified atom stereocenters. The van der Waals surface area contributed by atoms with E-state index in [2.05, 4.69) is 25.1 Å². The van der Waals surface area contributed by atoms with Gasteiger partial charge in [0, 0.05) is 13.0 Å². The molecule has 2 saturated heterocycles. The highest BCUT2D eigenvalue weighted by Crippen LogP contribution is 2.63. The number of hydrogen-bond donors (Lipinski definition) is 1. The molecule has 0 radical (unpaired) electrons. The number of ether oxygens (including phenoxy) is 4. The zero-order valence-corrected chi connectivity index (χ0v) is 20.0. The quantitative estimate of drug-likeness (QED) is 0.616. The van der Waals surface area contributed by atoms with Gasteiger partial charge >= 0.3 is 0 Å². The molecule has 0 spiro atoms. The fraction of sp³-hybridized carbons (Fsp3) is 0.786. The minimum Gasteiger partial charge on any atom is -0.465 e. The van der Waals surface area contributed by atoms with Crippen molar-refractivity contribution in [3.63, 3.8) is 0 Å². The van der Waals surface area contributed by atoms with Crippen LogP contribution in [0.2, 0.25) is 0 Å². The van der Waals surface area contributed by atoms with E-state index in [1.54, 1.807) is 0 Å². The van der Waals surface area contributed by atoms with E-state index in [0.717, 1.165) is 69.5 Å². The van der Waals surface area contributed by atoms with Gasteiger partial charge in [0.15, 0.2) is 12.6 Å². The lowest BCUT2D eigenvalue weighted by molar-refractivity contribution is -0.213. The minimum absolute atomic E-state index is 0.0127. The van der Waals surface area contributed by atoms with E-state index >= 15 is 0 Å². The molecule has 1 aromatic rings. The van der Waals surface area contributed by atoms with Crippen LogP contribution in [-0.2, 0) is 14.2 Å². The van der Waals surface area contributed by atoms with Gasteiger partial charge in [0.25, 0.3) is 0 Å². The highest BCUT2D eigenvalue weighted by molar-refractivity contribution is 5.42. The monoisotopic (exact) mass is 456 g/mol. The third kappa shape index (κ3) is 4.13. The molecule has 0 aromatic heterocycles. The molecular weight excluding hydrogens is 416 g/mol. The normalized spacial score (nSPS) is 42.8. The van der Waals surface area contributed by atoms with Crippen LogP contribution in [0.5, 0.6) is 5.75 Å². The summed E-state index contributed by atoms with van der Waals surface area (Å²) in [6.45, 7) is 4.07. The molecule has 3 aliphatic carbocycles. The Labute approximate surface area is 198 Å². The third-order valence-electron chi connectivity index (χ3n) is 9.52. The van der Waals surface area contributed by atoms with Crippen LogP contribution in [0, 0.1) is 17.3 Å². The fourth-order valence-electron chi connectivity index (χ4n) is 7.77. The van der Waals surface area contributed by atoms with Gasteiger partial charge in [-0.1, -0.05) is 13.0 Å². The van der Waals surface area contributed by atoms with Crippen molar-refractivity contribution in [2.24, 2.45) is 17.3 Å². The minimum atomic E-state index is -0.416. The molecule has 0 amide bonds. The first kappa shape index (κ1) is 22.3. The summed E-state index contributed by atoms with van der Waals surface area (Å²) in [6.07, 6.45) is 11.9. The van der Waals surface area contributed by atoms with Gasteiger partial charge in [-0.05, 0) is 111 Å². The van der Waals surface area contributed by atoms with E-state index in [1.165, 1.54) is 31.2 Å². The van der Waals surface area contributed by atoms with Crippen molar-refractivity contribution in [3.05, 3.63) is 29.3 Å². The molecule has 5 nitrogen and oxygen atoms in total. The predicted octanol–water partition coefficient (Wildman–Crippen LogP) is 5.85. The van der Waals surface area contributed by atoms with E-state index in [9.17, 15) is 5.11 Å². The number of fused-ring (bicyclic) bond motifs is 5. The second kappa shape index (κ2) is 9.14. The molecule has 4 fully saturated rings. The number of benzene rings is 1. The topological polar surface area (TPSA) is 57.2 Å². The summed E-state index contributed by atoms with van der Waals surface area (Å²) in [5.74, 6) is 2.51. The predicted molar refractivity (Wildman–Crippen MR) is 125 cm³/mol. The van der Waals surface area contributed by atoms with E-state index < -0.39 is 6.10 Å². The van der Waals surface area contributed by atoms with E-state index in [-0.39, 0.29) is 24.1 Å². The van der Waals surface area contributed by atoms with E-state index in [0.29, 0.717) is 17.8 Å². The van der Waals surface area contributed by atoms with Gasteiger partial charge in [0.05, 0.1) is 18.8 Å². The molecule has 8 atom stereocenters. The molecule has 2 aliphatic heterocycles. The maximum Gasteiger partial charge on any atom is 0.199 e. The van der Waals surface area contributed by atoms with Crippen molar-refractivity contribution in [2.75, 3.05) is 13.2 Å². The van der Waals surface area contributed by atoms with E-state index in [1.807, 2.05) is 0 Å². The Morgan fingerprint density at radius 3 is 2.45 bits per heavy atom. The molecule has 6 rings (SSSR count). The summed E-state index contributed by atoms with van der Waals surface area (Å²) in [4.78, 5) is 0. The second-order valence-electron chi connectivity index (χ2n) is 11.4. The molecule has 2 saturated carbocycles. The molecule has 5 heteroatoms. The van der Waals surface area contributed by atoms with E-state index in [4.69, 9.17) is 18.9 Å². The Hall–Kier alpha value is -1.14. The van der Waals surface area contributed by atoms with Gasteiger partial charge in [-0.2, -0.15) is 0 Å². The van der Waals surface area contributed by atoms with Crippen molar-refractivity contribution < 1.29 is 24.1 Å². The van der Waals surface area contributed by atoms with Gasteiger partial charge in [0.1, 0.15) is 5.75 Å². The van der Waals surface area contributed by atoms with Crippen molar-refractivity contribution in [1.82, 2.24) is 0 Å². The van der Waals surface area contributed by atoms with Crippen molar-refractivity contribution in [3.8, 4) is 5.75 Å². The SMILES string of the molecule is C[C@]12CC[C@@H]3c4ccc(O[C@@H]5CCCCO5)cc4[C@H](O)C[C@H]3[C@@H]1CC[C@@H]2O[C@@H]1CCCCO1. The van der Waals surface area contributed by atoms with Crippen LogP contribution in [0.15, 0.2) is 18.2 Å². The van der Waals surface area contributed by atoms with Crippen LogP contribution in [-0.4, -0.2) is 37.0 Å². The summed E-state index contributed by atoms with van der Waals surface area (Å²) in [7, 11) is 0. The lowest BCUT2D eigenvalue weighted by atomic mass is 9.55. The molecule has 1 aromatic carbocycles. The van der Waals surface area contributed by atoms with Crippen molar-refractivity contribution in [1.29, 1.82) is 0 Å². The maximum absolute atomic E-state index is 11.2. The maximum atomic E-state index is 11.2. The highest BCUT2D eigenvalue weighted by Gasteiger charge is 2.56. The Bertz CT molecular complexity index is 830. The molecule has 0 bridgehead atoms. The van der Waals surface area contributed by atoms with Crippen LogP contribution in [0.3, 0.4) is 0 Å². The summed E-state index contributed by atoms with van der Waals surface area (Å²) in [5, 5.41) is 11.2. The van der Waals surface area contributed by atoms with Gasteiger partial charge in [-0.25, -0.2) is 0 Å². The summed E-state index contributed by atoms with van der Waals surface area (Å²) in [5.41, 5.74) is 2.62. The average molecular weight is 457 g/mol. The van der Waals surface area contributed by atoms with Crippen LogP contribution < -0.4 is 4.74 Å². The van der Waals surface area contributed by atoms with Crippen molar-refractivity contribution in [2.45, 2.75) is 108 Å². The number of rotatable bonds is 4. The molecule has 1 N–H and O–H groups in total. The fourth-order valence-corrected chi connectivity index (χ4v) is 7.77. The zero-order valence-electron chi connectivity index (χ0n) is 20.0. The first-order valence-corrected chi connectivity index (χ1v) is 13.5. The largest absolute Gasteiger partial charge is 0.465 e. The number of aliphatic hydroxyl groups excluding tert-OH is 1. The molecule has 182 valence electrons. The van der Waals surface area contributed by atoms with Gasteiger partial charge in [0.2, 0.25) is 0 Å².